The predicted octanol–water partition coefficient (Wildman–Crippen LogP) is 4.42. The van der Waals surface area contributed by atoms with Crippen LogP contribution in [0.15, 0.2) is 34.2 Å². The lowest BCUT2D eigenvalue weighted by molar-refractivity contribution is -0.113. The number of benzene rings is 1. The van der Waals surface area contributed by atoms with Gasteiger partial charge in [0.2, 0.25) is 5.91 Å². The molecule has 1 amide bonds. The number of fused-ring (bicyclic) bond motifs is 1. The van der Waals surface area contributed by atoms with Gasteiger partial charge in [-0.15, -0.1) is 0 Å². The van der Waals surface area contributed by atoms with E-state index in [9.17, 15) is 9.59 Å². The van der Waals surface area contributed by atoms with E-state index in [4.69, 9.17) is 11.6 Å². The number of thioether (sulfide) groups is 1. The highest BCUT2D eigenvalue weighted by molar-refractivity contribution is 7.99. The maximum atomic E-state index is 13.1. The first-order valence-electron chi connectivity index (χ1n) is 9.78. The third kappa shape index (κ3) is 4.48. The van der Waals surface area contributed by atoms with Crippen LogP contribution in [0.1, 0.15) is 32.7 Å². The van der Waals surface area contributed by atoms with Gasteiger partial charge in [-0.3, -0.25) is 14.2 Å². The van der Waals surface area contributed by atoms with Crippen LogP contribution >= 0.6 is 34.7 Å². The molecule has 0 atom stereocenters. The van der Waals surface area contributed by atoms with Crippen molar-refractivity contribution in [3.8, 4) is 0 Å². The van der Waals surface area contributed by atoms with Gasteiger partial charge in [-0.2, -0.15) is 4.98 Å². The average molecular weight is 464 g/mol. The van der Waals surface area contributed by atoms with Crippen molar-refractivity contribution in [2.75, 3.05) is 29.1 Å². The van der Waals surface area contributed by atoms with Crippen molar-refractivity contribution in [2.24, 2.45) is 0 Å². The fraction of sp³-hybridized carbons (Fsp3) is 0.400. The molecule has 0 aliphatic carbocycles. The molecule has 2 aromatic heterocycles. The van der Waals surface area contributed by atoms with Crippen molar-refractivity contribution < 1.29 is 4.79 Å². The van der Waals surface area contributed by atoms with Crippen LogP contribution in [0.2, 0.25) is 5.02 Å². The highest BCUT2D eigenvalue weighted by atomic mass is 35.5. The summed E-state index contributed by atoms with van der Waals surface area (Å²) in [5.41, 5.74) is 1.03. The second kappa shape index (κ2) is 8.95. The molecular weight excluding hydrogens is 442 g/mol. The zero-order chi connectivity index (χ0) is 21.3. The van der Waals surface area contributed by atoms with Gasteiger partial charge in [0.05, 0.1) is 5.75 Å². The lowest BCUT2D eigenvalue weighted by atomic mass is 10.3. The molecule has 10 heteroatoms. The second-order valence-electron chi connectivity index (χ2n) is 7.35. The van der Waals surface area contributed by atoms with Crippen LogP contribution < -0.4 is 15.8 Å². The first-order valence-corrected chi connectivity index (χ1v) is 12.0. The highest BCUT2D eigenvalue weighted by Gasteiger charge is 2.22. The number of hydrogen-bond acceptors (Lipinski definition) is 7. The number of carbonyl (C=O) groups excluding carboxylic acids is 1. The van der Waals surface area contributed by atoms with Gasteiger partial charge in [0.1, 0.15) is 4.70 Å². The van der Waals surface area contributed by atoms with Gasteiger partial charge in [-0.05, 0) is 51.0 Å². The van der Waals surface area contributed by atoms with E-state index in [0.717, 1.165) is 31.1 Å². The highest BCUT2D eigenvalue weighted by Crippen LogP contribution is 2.30. The van der Waals surface area contributed by atoms with Crippen LogP contribution in [0.3, 0.4) is 0 Å². The van der Waals surface area contributed by atoms with Crippen molar-refractivity contribution in [2.45, 2.75) is 37.9 Å². The Kier molecular flexibility index (Phi) is 6.31. The van der Waals surface area contributed by atoms with E-state index in [2.05, 4.69) is 20.2 Å². The van der Waals surface area contributed by atoms with Gasteiger partial charge in [-0.25, -0.2) is 4.98 Å². The first kappa shape index (κ1) is 21.1. The van der Waals surface area contributed by atoms with Crippen LogP contribution in [0.25, 0.3) is 10.3 Å². The fourth-order valence-corrected chi connectivity index (χ4v) is 5.35. The molecule has 1 N–H and O–H groups in total. The van der Waals surface area contributed by atoms with E-state index in [-0.39, 0.29) is 23.3 Å². The second-order valence-corrected chi connectivity index (χ2v) is 9.71. The van der Waals surface area contributed by atoms with Gasteiger partial charge < -0.3 is 10.2 Å². The predicted molar refractivity (Wildman–Crippen MR) is 124 cm³/mol. The quantitative estimate of drug-likeness (QED) is 0.430. The summed E-state index contributed by atoms with van der Waals surface area (Å²) < 4.78 is 2.22. The Bertz CT molecular complexity index is 1120. The number of halogens is 1. The number of amides is 1. The maximum Gasteiger partial charge on any atom is 0.274 e. The molecule has 7 nitrogen and oxygen atoms in total. The van der Waals surface area contributed by atoms with Crippen molar-refractivity contribution in [1.82, 2.24) is 14.5 Å². The molecule has 0 unspecified atom stereocenters. The topological polar surface area (TPSA) is 80.1 Å². The molecule has 0 spiro atoms. The van der Waals surface area contributed by atoms with Crippen LogP contribution in [0.4, 0.5) is 10.8 Å². The summed E-state index contributed by atoms with van der Waals surface area (Å²) in [6, 6.07) is 6.85. The van der Waals surface area contributed by atoms with Crippen molar-refractivity contribution >= 4 is 61.8 Å². The van der Waals surface area contributed by atoms with Crippen LogP contribution in [-0.2, 0) is 4.79 Å². The standard InChI is InChI=1S/C20H22ClN5O2S2/c1-12(2)26-18(28)16-17(23-19(30-16)25-9-3-4-10-25)24-20(26)29-11-15(27)22-14-7-5-13(21)6-8-14/h5-8,12H,3-4,9-11H2,1-2H3,(H,22,27). The number of nitrogens with zero attached hydrogens (tertiary/aromatic N) is 4. The SMILES string of the molecule is CC(C)n1c(SCC(=O)Nc2ccc(Cl)cc2)nc2nc(N3CCCC3)sc2c1=O. The molecule has 1 fully saturated rings. The molecule has 0 saturated carbocycles. The molecule has 1 saturated heterocycles. The van der Waals surface area contributed by atoms with Gasteiger partial charge in [0, 0.05) is 29.8 Å². The number of thiazole rings is 1. The van der Waals surface area contributed by atoms with E-state index >= 15 is 0 Å². The van der Waals surface area contributed by atoms with Crippen molar-refractivity contribution in [1.29, 1.82) is 0 Å². The number of rotatable bonds is 6. The Hall–Kier alpha value is -2.10. The minimum atomic E-state index is -0.178. The van der Waals surface area contributed by atoms with Gasteiger partial charge in [0.15, 0.2) is 15.9 Å². The molecule has 0 radical (unpaired) electrons. The lowest BCUT2D eigenvalue weighted by Crippen LogP contribution is -2.25. The molecule has 4 rings (SSSR count). The van der Waals surface area contributed by atoms with E-state index in [0.29, 0.717) is 26.2 Å². The van der Waals surface area contributed by atoms with Gasteiger partial charge in [-0.1, -0.05) is 34.7 Å². The summed E-state index contributed by atoms with van der Waals surface area (Å²) in [6.07, 6.45) is 2.28. The van der Waals surface area contributed by atoms with E-state index < -0.39 is 0 Å². The molecule has 3 heterocycles. The normalized spacial score (nSPS) is 14.1. The summed E-state index contributed by atoms with van der Waals surface area (Å²) in [4.78, 5) is 37.0. The smallest absolute Gasteiger partial charge is 0.274 e. The molecule has 1 aliphatic heterocycles. The summed E-state index contributed by atoms with van der Waals surface area (Å²) in [5.74, 6) is -0.0424. The number of nitrogens with one attached hydrogen (secondary N) is 1. The Morgan fingerprint density at radius 2 is 1.93 bits per heavy atom. The van der Waals surface area contributed by atoms with Crippen LogP contribution in [-0.4, -0.2) is 39.3 Å². The summed E-state index contributed by atoms with van der Waals surface area (Å²) in [5, 5.41) is 4.79. The number of anilines is 2. The Morgan fingerprint density at radius 1 is 1.23 bits per heavy atom. The molecule has 1 aromatic carbocycles. The zero-order valence-electron chi connectivity index (χ0n) is 16.7. The minimum Gasteiger partial charge on any atom is -0.348 e. The summed E-state index contributed by atoms with van der Waals surface area (Å²) in [7, 11) is 0. The zero-order valence-corrected chi connectivity index (χ0v) is 19.1. The number of carbonyl (C=O) groups is 1. The molecular formula is C20H22ClN5O2S2. The third-order valence-corrected chi connectivity index (χ3v) is 7.07. The van der Waals surface area contributed by atoms with E-state index in [1.807, 2.05) is 13.8 Å². The average Bonchev–Trinajstić information content (AvgIpc) is 3.37. The van der Waals surface area contributed by atoms with Crippen LogP contribution in [0, 0.1) is 0 Å². The van der Waals surface area contributed by atoms with Crippen LogP contribution in [0.5, 0.6) is 0 Å². The van der Waals surface area contributed by atoms with Crippen molar-refractivity contribution in [3.05, 3.63) is 39.6 Å². The molecule has 0 bridgehead atoms. The number of aromatic nitrogens is 3. The minimum absolute atomic E-state index is 0.0754. The van der Waals surface area contributed by atoms with Crippen molar-refractivity contribution in [3.63, 3.8) is 0 Å². The Morgan fingerprint density at radius 3 is 2.60 bits per heavy atom. The largest absolute Gasteiger partial charge is 0.348 e. The van der Waals surface area contributed by atoms with E-state index in [1.54, 1.807) is 28.8 Å². The fourth-order valence-electron chi connectivity index (χ4n) is 3.32. The monoisotopic (exact) mass is 463 g/mol. The van der Waals surface area contributed by atoms with Gasteiger partial charge in [0.25, 0.3) is 5.56 Å². The molecule has 30 heavy (non-hydrogen) atoms. The third-order valence-electron chi connectivity index (χ3n) is 4.77. The first-order chi connectivity index (χ1) is 14.4. The van der Waals surface area contributed by atoms with Gasteiger partial charge >= 0.3 is 0 Å². The molecule has 158 valence electrons. The molecule has 1 aliphatic rings. The Balaban J connectivity index is 1.57. The summed E-state index contributed by atoms with van der Waals surface area (Å²) in [6.45, 7) is 5.81. The Labute approximate surface area is 187 Å². The maximum absolute atomic E-state index is 13.1. The van der Waals surface area contributed by atoms with E-state index in [1.165, 1.54) is 23.1 Å². The molecule has 3 aromatic rings. The summed E-state index contributed by atoms with van der Waals surface area (Å²) >= 11 is 8.53. The number of hydrogen-bond donors (Lipinski definition) is 1. The lowest BCUT2D eigenvalue weighted by Gasteiger charge is -2.14.